The minimum atomic E-state index is -0.863. The van der Waals surface area contributed by atoms with E-state index in [1.807, 2.05) is 41.4 Å². The second-order valence-electron chi connectivity index (χ2n) is 12.6. The summed E-state index contributed by atoms with van der Waals surface area (Å²) < 4.78 is 4.81. The van der Waals surface area contributed by atoms with Gasteiger partial charge in [0, 0.05) is 20.0 Å². The minimum absolute atomic E-state index is 0.0110. The van der Waals surface area contributed by atoms with E-state index in [1.165, 1.54) is 7.11 Å². The van der Waals surface area contributed by atoms with Crippen molar-refractivity contribution in [2.24, 2.45) is 0 Å². The minimum Gasteiger partial charge on any atom is -0.453 e. The number of hydrogen-bond donors (Lipinski definition) is 3. The third kappa shape index (κ3) is 6.56. The Morgan fingerprint density at radius 3 is 1.73 bits per heavy atom. The van der Waals surface area contributed by atoms with Crippen LogP contribution in [-0.4, -0.2) is 67.8 Å². The summed E-state index contributed by atoms with van der Waals surface area (Å²) in [5.41, 5.74) is 6.68. The van der Waals surface area contributed by atoms with Gasteiger partial charge < -0.3 is 29.8 Å². The maximum Gasteiger partial charge on any atom is 0.407 e. The average molecular weight is 658 g/mol. The number of nitrogens with zero attached hydrogens (tertiary/aromatic N) is 4. The standard InChI is InChI=1S/C38H39N7O4/c1-24(46)44-20-6-10-32(44)35-39-22-30(41-35)27-16-12-25(13-17-27)26-14-18-28(19-15-26)31-23-40-36(42-31)33-11-7-21-45(33)37(47)34(43-38(48)49-2)29-8-4-3-5-9-29/h3-5,8-9,12-19,22-23,32-34H,6-7,10-11,20-21H2,1-2H3,(H,39,41)(H,40,42)(H,43,48)/t32-,33-,34+/m0/s1. The van der Waals surface area contributed by atoms with Crippen molar-refractivity contribution in [2.45, 2.75) is 50.7 Å². The second-order valence-corrected chi connectivity index (χ2v) is 12.6. The molecule has 3 amide bonds. The van der Waals surface area contributed by atoms with Crippen molar-refractivity contribution in [1.82, 2.24) is 35.1 Å². The van der Waals surface area contributed by atoms with Gasteiger partial charge in [-0.3, -0.25) is 9.59 Å². The Morgan fingerprint density at radius 2 is 1.22 bits per heavy atom. The van der Waals surface area contributed by atoms with E-state index in [-0.39, 0.29) is 23.9 Å². The highest BCUT2D eigenvalue weighted by atomic mass is 16.5. The Bertz CT molecular complexity index is 1930. The molecule has 0 spiro atoms. The van der Waals surface area contributed by atoms with Gasteiger partial charge in [-0.25, -0.2) is 14.8 Å². The van der Waals surface area contributed by atoms with Crippen molar-refractivity contribution < 1.29 is 19.1 Å². The zero-order chi connectivity index (χ0) is 33.9. The van der Waals surface area contributed by atoms with Gasteiger partial charge in [-0.05, 0) is 53.5 Å². The van der Waals surface area contributed by atoms with Crippen LogP contribution in [0.5, 0.6) is 0 Å². The number of imidazole rings is 2. The number of carbonyl (C=O) groups excluding carboxylic acids is 3. The van der Waals surface area contributed by atoms with Crippen LogP contribution in [-0.2, 0) is 14.3 Å². The lowest BCUT2D eigenvalue weighted by Crippen LogP contribution is -2.42. The molecule has 0 bridgehead atoms. The number of aromatic nitrogens is 4. The van der Waals surface area contributed by atoms with E-state index in [2.05, 4.69) is 73.8 Å². The van der Waals surface area contributed by atoms with Crippen molar-refractivity contribution in [1.29, 1.82) is 0 Å². The summed E-state index contributed by atoms with van der Waals surface area (Å²) in [6.07, 6.45) is 6.50. The summed E-state index contributed by atoms with van der Waals surface area (Å²) in [5, 5.41) is 2.71. The largest absolute Gasteiger partial charge is 0.453 e. The molecule has 3 aromatic carbocycles. The molecular weight excluding hydrogens is 618 g/mol. The van der Waals surface area contributed by atoms with E-state index >= 15 is 0 Å². The number of ether oxygens (including phenoxy) is 1. The van der Waals surface area contributed by atoms with Crippen LogP contribution < -0.4 is 5.32 Å². The van der Waals surface area contributed by atoms with Crippen molar-refractivity contribution in [2.75, 3.05) is 20.2 Å². The number of alkyl carbamates (subject to hydrolysis) is 1. The number of rotatable bonds is 8. The van der Waals surface area contributed by atoms with Gasteiger partial charge in [0.1, 0.15) is 17.7 Å². The molecule has 7 rings (SSSR count). The van der Waals surface area contributed by atoms with Gasteiger partial charge >= 0.3 is 6.09 Å². The number of H-pyrrole nitrogens is 2. The van der Waals surface area contributed by atoms with Crippen LogP contribution in [0.2, 0.25) is 0 Å². The summed E-state index contributed by atoms with van der Waals surface area (Å²) in [7, 11) is 1.29. The van der Waals surface area contributed by atoms with E-state index in [0.29, 0.717) is 17.9 Å². The first kappa shape index (κ1) is 31.9. The third-order valence-corrected chi connectivity index (χ3v) is 9.57. The molecule has 3 N–H and O–H groups in total. The SMILES string of the molecule is COC(=O)N[C@@H](C(=O)N1CCC[C@H]1c1ncc(-c2ccc(-c3ccc(-c4cnc([C@@H]5CCCN5C(C)=O)[nH]4)cc3)cc2)[nH]1)c1ccccc1. The fourth-order valence-electron chi connectivity index (χ4n) is 7.01. The first-order valence-electron chi connectivity index (χ1n) is 16.7. The Hall–Kier alpha value is -5.71. The number of carbonyl (C=O) groups is 3. The van der Waals surface area contributed by atoms with Crippen molar-refractivity contribution in [3.05, 3.63) is 108 Å². The lowest BCUT2D eigenvalue weighted by Gasteiger charge is -2.28. The molecule has 2 saturated heterocycles. The molecule has 2 aliphatic rings. The number of benzene rings is 3. The predicted octanol–water partition coefficient (Wildman–Crippen LogP) is 6.58. The highest BCUT2D eigenvalue weighted by molar-refractivity contribution is 5.87. The topological polar surface area (TPSA) is 136 Å². The summed E-state index contributed by atoms with van der Waals surface area (Å²) in [5.74, 6) is 1.44. The van der Waals surface area contributed by atoms with Crippen LogP contribution in [0.25, 0.3) is 33.6 Å². The molecule has 0 saturated carbocycles. The number of hydrogen-bond acceptors (Lipinski definition) is 6. The van der Waals surface area contributed by atoms with Crippen LogP contribution in [0.15, 0.2) is 91.3 Å². The lowest BCUT2D eigenvalue weighted by molar-refractivity contribution is -0.134. The first-order chi connectivity index (χ1) is 23.9. The third-order valence-electron chi connectivity index (χ3n) is 9.57. The van der Waals surface area contributed by atoms with Crippen molar-refractivity contribution in [3.63, 3.8) is 0 Å². The van der Waals surface area contributed by atoms with Crippen LogP contribution in [0.3, 0.4) is 0 Å². The molecule has 2 aromatic heterocycles. The molecule has 11 heteroatoms. The molecule has 11 nitrogen and oxygen atoms in total. The Morgan fingerprint density at radius 1 is 0.735 bits per heavy atom. The van der Waals surface area contributed by atoms with E-state index < -0.39 is 12.1 Å². The summed E-state index contributed by atoms with van der Waals surface area (Å²) in [4.78, 5) is 57.8. The van der Waals surface area contributed by atoms with Gasteiger partial charge in [0.15, 0.2) is 0 Å². The fourth-order valence-corrected chi connectivity index (χ4v) is 7.01. The van der Waals surface area contributed by atoms with Crippen LogP contribution >= 0.6 is 0 Å². The zero-order valence-electron chi connectivity index (χ0n) is 27.6. The van der Waals surface area contributed by atoms with Gasteiger partial charge in [0.25, 0.3) is 5.91 Å². The first-order valence-corrected chi connectivity index (χ1v) is 16.7. The number of amides is 3. The van der Waals surface area contributed by atoms with Crippen LogP contribution in [0.1, 0.15) is 67.9 Å². The van der Waals surface area contributed by atoms with E-state index in [9.17, 15) is 14.4 Å². The monoisotopic (exact) mass is 657 g/mol. The highest BCUT2D eigenvalue weighted by Crippen LogP contribution is 2.35. The lowest BCUT2D eigenvalue weighted by atomic mass is 10.0. The summed E-state index contributed by atoms with van der Waals surface area (Å²) in [6, 6.07) is 24.8. The Balaban J connectivity index is 1.03. The Kier molecular flexibility index (Phi) is 8.97. The van der Waals surface area contributed by atoms with Gasteiger partial charge in [-0.1, -0.05) is 78.9 Å². The van der Waals surface area contributed by atoms with E-state index in [4.69, 9.17) is 4.74 Å². The molecule has 0 aliphatic carbocycles. The summed E-state index contributed by atoms with van der Waals surface area (Å²) >= 11 is 0. The maximum absolute atomic E-state index is 13.8. The van der Waals surface area contributed by atoms with Crippen molar-refractivity contribution in [3.8, 4) is 33.6 Å². The molecule has 2 aliphatic heterocycles. The smallest absolute Gasteiger partial charge is 0.407 e. The zero-order valence-corrected chi connectivity index (χ0v) is 27.6. The van der Waals surface area contributed by atoms with Crippen molar-refractivity contribution >= 4 is 17.9 Å². The molecule has 2 fully saturated rings. The molecule has 4 heterocycles. The quantitative estimate of drug-likeness (QED) is 0.173. The van der Waals surface area contributed by atoms with E-state index in [1.54, 1.807) is 18.0 Å². The van der Waals surface area contributed by atoms with Crippen LogP contribution in [0, 0.1) is 0 Å². The molecular formula is C38H39N7O4. The average Bonchev–Trinajstić information content (AvgIpc) is 3.97. The van der Waals surface area contributed by atoms with E-state index in [0.717, 1.165) is 71.7 Å². The molecule has 0 unspecified atom stereocenters. The molecule has 5 aromatic rings. The highest BCUT2D eigenvalue weighted by Gasteiger charge is 2.37. The van der Waals surface area contributed by atoms with Gasteiger partial charge in [-0.15, -0.1) is 0 Å². The molecule has 250 valence electrons. The van der Waals surface area contributed by atoms with Crippen LogP contribution in [0.4, 0.5) is 4.79 Å². The number of nitrogens with one attached hydrogen (secondary N) is 3. The normalized spacial score (nSPS) is 18.0. The fraction of sp³-hybridized carbons (Fsp3) is 0.289. The molecule has 0 radical (unpaired) electrons. The second kappa shape index (κ2) is 13.8. The van der Waals surface area contributed by atoms with Gasteiger partial charge in [-0.2, -0.15) is 0 Å². The number of methoxy groups -OCH3 is 1. The summed E-state index contributed by atoms with van der Waals surface area (Å²) in [6.45, 7) is 2.96. The van der Waals surface area contributed by atoms with Gasteiger partial charge in [0.2, 0.25) is 5.91 Å². The van der Waals surface area contributed by atoms with Gasteiger partial charge in [0.05, 0.1) is 43.0 Å². The molecule has 3 atom stereocenters. The predicted molar refractivity (Wildman–Crippen MR) is 185 cm³/mol. The molecule has 49 heavy (non-hydrogen) atoms. The number of likely N-dealkylation sites (tertiary alicyclic amines) is 2. The maximum atomic E-state index is 13.8. The number of aromatic amines is 2. The Labute approximate surface area is 284 Å².